The van der Waals surface area contributed by atoms with Gasteiger partial charge in [0.15, 0.2) is 20.6 Å². The molecule has 1 aromatic carbocycles. The molecule has 9 nitrogen and oxygen atoms in total. The molecule has 0 heterocycles. The number of rotatable bonds is 4. The predicted molar refractivity (Wildman–Crippen MR) is 63.1 cm³/mol. The van der Waals surface area contributed by atoms with E-state index in [-0.39, 0.29) is 64.1 Å². The molecule has 0 aliphatic heterocycles. The number of hydrogen-bond donors (Lipinski definition) is 2. The average molecular weight is 397 g/mol. The van der Waals surface area contributed by atoms with Gasteiger partial charge in [0.2, 0.25) is 0 Å². The van der Waals surface area contributed by atoms with Gasteiger partial charge in [-0.05, 0) is 6.07 Å². The summed E-state index contributed by atoms with van der Waals surface area (Å²) in [5, 5.41) is 8.50. The summed E-state index contributed by atoms with van der Waals surface area (Å²) in [5.41, 5.74) is -0.780. The van der Waals surface area contributed by atoms with Crippen LogP contribution in [-0.2, 0) is 20.6 Å². The van der Waals surface area contributed by atoms with Crippen LogP contribution in [0.1, 0.15) is 0 Å². The van der Waals surface area contributed by atoms with Crippen molar-refractivity contribution in [2.45, 2.75) is 0 Å². The minimum atomic E-state index is -5.45. The van der Waals surface area contributed by atoms with Crippen LogP contribution in [0.2, 0.25) is 10.0 Å². The molecule has 0 aliphatic rings. The van der Waals surface area contributed by atoms with Crippen LogP contribution in [-0.4, -0.2) is 31.0 Å². The van der Waals surface area contributed by atoms with E-state index in [4.69, 9.17) is 23.2 Å². The molecule has 1 aromatic rings. The van der Waals surface area contributed by atoms with Crippen molar-refractivity contribution in [2.75, 3.05) is 4.41 Å². The minimum absolute atomic E-state index is 0. The third-order valence-corrected chi connectivity index (χ3v) is 3.52. The molecule has 108 valence electrons. The van der Waals surface area contributed by atoms with Gasteiger partial charge in [-0.3, -0.25) is 0 Å². The first-order chi connectivity index (χ1) is 8.42. The van der Waals surface area contributed by atoms with Crippen LogP contribution < -0.4 is 68.4 Å². The maximum atomic E-state index is 10.9. The fourth-order valence-electron chi connectivity index (χ4n) is 0.999. The van der Waals surface area contributed by atoms with Gasteiger partial charge in [0, 0.05) is 6.07 Å². The van der Waals surface area contributed by atoms with Gasteiger partial charge in [-0.15, -0.1) is 4.83 Å². The van der Waals surface area contributed by atoms with Gasteiger partial charge in [0.25, 0.3) is 0 Å². The summed E-state index contributed by atoms with van der Waals surface area (Å²) >= 11 is 11.0. The Kier molecular flexibility index (Phi) is 10.3. The molecular formula is C6H4Cl2N2Na2O7S2. The Bertz CT molecular complexity index is 712. The molecule has 0 fully saturated rings. The van der Waals surface area contributed by atoms with E-state index in [1.165, 1.54) is 0 Å². The normalized spacial score (nSPS) is 11.2. The van der Waals surface area contributed by atoms with E-state index < -0.39 is 41.5 Å². The van der Waals surface area contributed by atoms with Crippen LogP contribution in [0.4, 0.5) is 5.69 Å². The van der Waals surface area contributed by atoms with E-state index in [0.717, 1.165) is 10.9 Å². The van der Waals surface area contributed by atoms with Crippen molar-refractivity contribution in [3.63, 3.8) is 0 Å². The zero-order valence-electron chi connectivity index (χ0n) is 10.6. The third kappa shape index (κ3) is 7.52. The first kappa shape index (κ1) is 24.4. The van der Waals surface area contributed by atoms with Crippen LogP contribution in [0.3, 0.4) is 0 Å². The second-order valence-corrected chi connectivity index (χ2v) is 6.15. The molecular weight excluding hydrogens is 393 g/mol. The molecule has 0 unspecified atom stereocenters. The Labute approximate surface area is 174 Å². The van der Waals surface area contributed by atoms with Crippen molar-refractivity contribution in [2.24, 2.45) is 0 Å². The number of phenolic OH excluding ortho intramolecular Hbond substituents is 1. The number of hydrogen-bond acceptors (Lipinski definition) is 7. The summed E-state index contributed by atoms with van der Waals surface area (Å²) in [6, 6.07) is 1.45. The Hall–Kier alpha value is 1.18. The number of aromatic hydroxyl groups is 1. The van der Waals surface area contributed by atoms with Gasteiger partial charge in [0.05, 0.1) is 15.7 Å². The van der Waals surface area contributed by atoms with Crippen LogP contribution in [0.25, 0.3) is 0 Å². The Morgan fingerprint density at radius 1 is 1.05 bits per heavy atom. The molecule has 1 rings (SSSR count). The van der Waals surface area contributed by atoms with E-state index >= 15 is 0 Å². The summed E-state index contributed by atoms with van der Waals surface area (Å²) in [4.78, 5) is 0.911. The number of benzene rings is 1. The minimum Gasteiger partial charge on any atom is -0.734 e. The molecule has 0 atom stereocenters. The maximum absolute atomic E-state index is 10.9. The second-order valence-electron chi connectivity index (χ2n) is 3.02. The summed E-state index contributed by atoms with van der Waals surface area (Å²) < 4.78 is 63.6. The molecule has 21 heavy (non-hydrogen) atoms. The van der Waals surface area contributed by atoms with Crippen molar-refractivity contribution in [3.05, 3.63) is 22.2 Å². The molecule has 15 heteroatoms. The number of hydrazine groups is 1. The smallest absolute Gasteiger partial charge is 0.734 e. The Morgan fingerprint density at radius 3 is 1.90 bits per heavy atom. The number of nitrogens with zero attached hydrogens (tertiary/aromatic N) is 1. The van der Waals surface area contributed by atoms with Gasteiger partial charge in [0.1, 0.15) is 5.75 Å². The van der Waals surface area contributed by atoms with Gasteiger partial charge < -0.3 is 14.2 Å². The fraction of sp³-hybridized carbons (Fsp3) is 0. The Morgan fingerprint density at radius 2 is 1.52 bits per heavy atom. The number of halogens is 2. The summed E-state index contributed by atoms with van der Waals surface area (Å²) in [7, 11) is -10.8. The number of phenols is 1. The molecule has 0 aliphatic carbocycles. The summed E-state index contributed by atoms with van der Waals surface area (Å²) in [5.74, 6) is -0.681. The van der Waals surface area contributed by atoms with Crippen LogP contribution in [0, 0.1) is 0 Å². The topological polar surface area (TPSA) is 150 Å². The van der Waals surface area contributed by atoms with Crippen molar-refractivity contribution in [1.82, 2.24) is 4.83 Å². The number of anilines is 1. The molecule has 2 N–H and O–H groups in total. The molecule has 0 saturated heterocycles. The van der Waals surface area contributed by atoms with E-state index in [0.29, 0.717) is 6.07 Å². The van der Waals surface area contributed by atoms with E-state index in [1.54, 1.807) is 0 Å². The molecule has 0 spiro atoms. The molecule has 0 amide bonds. The quantitative estimate of drug-likeness (QED) is 0.292. The van der Waals surface area contributed by atoms with E-state index in [2.05, 4.69) is 0 Å². The van der Waals surface area contributed by atoms with Gasteiger partial charge in [-0.2, -0.15) is 4.41 Å². The zero-order valence-corrected chi connectivity index (χ0v) is 17.7. The van der Waals surface area contributed by atoms with Gasteiger partial charge >= 0.3 is 59.1 Å². The molecule has 0 bridgehead atoms. The monoisotopic (exact) mass is 396 g/mol. The van der Waals surface area contributed by atoms with Gasteiger partial charge in [-0.1, -0.05) is 23.2 Å². The fourth-order valence-corrected chi connectivity index (χ4v) is 2.85. The van der Waals surface area contributed by atoms with Crippen molar-refractivity contribution in [1.29, 1.82) is 0 Å². The number of nitrogens with one attached hydrogen (secondary N) is 1. The average Bonchev–Trinajstić information content (AvgIpc) is 2.17. The van der Waals surface area contributed by atoms with Crippen molar-refractivity contribution < 1.29 is 90.2 Å². The van der Waals surface area contributed by atoms with Crippen molar-refractivity contribution >= 4 is 49.5 Å². The van der Waals surface area contributed by atoms with Crippen molar-refractivity contribution in [3.8, 4) is 5.75 Å². The second kappa shape index (κ2) is 8.87. The van der Waals surface area contributed by atoms with Crippen LogP contribution >= 0.6 is 23.2 Å². The first-order valence-electron chi connectivity index (χ1n) is 4.09. The van der Waals surface area contributed by atoms with Gasteiger partial charge in [-0.25, -0.2) is 16.8 Å². The zero-order chi connectivity index (χ0) is 15.0. The van der Waals surface area contributed by atoms with Crippen LogP contribution in [0.5, 0.6) is 5.75 Å². The maximum Gasteiger partial charge on any atom is 1.00 e. The molecule has 0 radical (unpaired) electrons. The first-order valence-corrected chi connectivity index (χ1v) is 7.62. The third-order valence-electron chi connectivity index (χ3n) is 1.65. The standard InChI is InChI=1S/C6H6Cl2N2O7S2.2Na/c7-3-1-4(8)6(11)2-5(3)10(19(15,16)17)9-18(12,13)14;;/h1-2,9,11H,(H,12,13,14)(H,15,16,17);;/q;2*+1/p-2. The molecule has 0 aromatic heterocycles. The largest absolute Gasteiger partial charge is 1.00 e. The van der Waals surface area contributed by atoms with E-state index in [9.17, 15) is 31.0 Å². The van der Waals surface area contributed by atoms with E-state index in [1.807, 2.05) is 0 Å². The van der Waals surface area contributed by atoms with Crippen LogP contribution in [0.15, 0.2) is 12.1 Å². The molecule has 0 saturated carbocycles. The summed E-state index contributed by atoms with van der Waals surface area (Å²) in [6.45, 7) is 0. The Balaban J connectivity index is 0. The predicted octanol–water partition coefficient (Wildman–Crippen LogP) is -6.06. The summed E-state index contributed by atoms with van der Waals surface area (Å²) in [6.07, 6.45) is 0. The SMILES string of the molecule is O=S(=O)([O-])NN(c1cc(O)c(Cl)cc1Cl)S(=O)(=O)[O-].[Na+].[Na+].